The monoisotopic (exact) mass is 280 g/mol. The summed E-state index contributed by atoms with van der Waals surface area (Å²) < 4.78 is 5.45. The van der Waals surface area contributed by atoms with Crippen LogP contribution in [0.25, 0.3) is 0 Å². The average Bonchev–Trinajstić information content (AvgIpc) is 2.87. The first-order valence-corrected chi connectivity index (χ1v) is 7.73. The molecule has 1 fully saturated rings. The Balaban J connectivity index is 1.80. The third-order valence-corrected chi connectivity index (χ3v) is 3.93. The molecule has 0 saturated carbocycles. The van der Waals surface area contributed by atoms with Gasteiger partial charge in [0.15, 0.2) is 5.76 Å². The van der Waals surface area contributed by atoms with Crippen molar-refractivity contribution in [2.24, 2.45) is 0 Å². The number of nitrogens with one attached hydrogen (secondary N) is 1. The van der Waals surface area contributed by atoms with E-state index < -0.39 is 0 Å². The van der Waals surface area contributed by atoms with Gasteiger partial charge in [-0.1, -0.05) is 12.1 Å². The quantitative estimate of drug-likeness (QED) is 0.770. The molecule has 5 nitrogen and oxygen atoms in total. The molecule has 2 rings (SSSR count). The van der Waals surface area contributed by atoms with E-state index in [2.05, 4.69) is 47.4 Å². The van der Waals surface area contributed by atoms with Crippen LogP contribution in [0.4, 0.5) is 0 Å². The molecule has 1 atom stereocenters. The summed E-state index contributed by atoms with van der Waals surface area (Å²) in [6.45, 7) is 7.16. The third-order valence-electron chi connectivity index (χ3n) is 3.93. The summed E-state index contributed by atoms with van der Waals surface area (Å²) in [6.07, 6.45) is 3.71. The van der Waals surface area contributed by atoms with Crippen molar-refractivity contribution in [3.05, 3.63) is 17.5 Å². The predicted molar refractivity (Wildman–Crippen MR) is 80.5 cm³/mol. The van der Waals surface area contributed by atoms with Crippen LogP contribution in [-0.4, -0.2) is 54.7 Å². The predicted octanol–water partition coefficient (Wildman–Crippen LogP) is 1.70. The Labute approximate surface area is 122 Å². The zero-order chi connectivity index (χ0) is 14.4. The molecule has 114 valence electrons. The van der Waals surface area contributed by atoms with Gasteiger partial charge in [0.2, 0.25) is 0 Å². The Morgan fingerprint density at radius 2 is 2.35 bits per heavy atom. The van der Waals surface area contributed by atoms with Crippen LogP contribution >= 0.6 is 0 Å². The van der Waals surface area contributed by atoms with Gasteiger partial charge in [0.25, 0.3) is 0 Å². The van der Waals surface area contributed by atoms with E-state index in [0.29, 0.717) is 6.04 Å². The fourth-order valence-corrected chi connectivity index (χ4v) is 2.72. The van der Waals surface area contributed by atoms with Gasteiger partial charge >= 0.3 is 0 Å². The van der Waals surface area contributed by atoms with Gasteiger partial charge in [-0.15, -0.1) is 0 Å². The van der Waals surface area contributed by atoms with Crippen molar-refractivity contribution in [3.8, 4) is 0 Å². The summed E-state index contributed by atoms with van der Waals surface area (Å²) in [6, 6.07) is 2.75. The van der Waals surface area contributed by atoms with Crippen LogP contribution in [0.5, 0.6) is 0 Å². The lowest BCUT2D eigenvalue weighted by Gasteiger charge is -2.35. The van der Waals surface area contributed by atoms with Crippen LogP contribution in [0.15, 0.2) is 10.6 Å². The average molecular weight is 280 g/mol. The van der Waals surface area contributed by atoms with Gasteiger partial charge in [-0.25, -0.2) is 0 Å². The topological polar surface area (TPSA) is 44.5 Å². The summed E-state index contributed by atoms with van der Waals surface area (Å²) in [7, 11) is 4.33. The molecule has 1 unspecified atom stereocenters. The molecule has 0 radical (unpaired) electrons. The number of rotatable bonds is 7. The molecule has 1 saturated heterocycles. The normalized spacial score (nSPS) is 20.7. The highest BCUT2D eigenvalue weighted by Gasteiger charge is 2.22. The molecular formula is C15H28N4O. The minimum absolute atomic E-state index is 0.664. The van der Waals surface area contributed by atoms with Crippen molar-refractivity contribution < 1.29 is 4.52 Å². The first-order chi connectivity index (χ1) is 9.69. The maximum Gasteiger partial charge on any atom is 0.151 e. The Morgan fingerprint density at radius 1 is 1.50 bits per heavy atom. The fraction of sp³-hybridized carbons (Fsp3) is 0.800. The maximum atomic E-state index is 5.45. The highest BCUT2D eigenvalue weighted by atomic mass is 16.5. The lowest BCUT2D eigenvalue weighted by Crippen LogP contribution is -2.44. The number of nitrogens with zero attached hydrogens (tertiary/aromatic N) is 3. The maximum absolute atomic E-state index is 5.45. The molecule has 0 aromatic carbocycles. The van der Waals surface area contributed by atoms with Gasteiger partial charge in [-0.05, 0) is 46.4 Å². The van der Waals surface area contributed by atoms with Gasteiger partial charge in [0.05, 0.1) is 12.2 Å². The van der Waals surface area contributed by atoms with E-state index in [4.69, 9.17) is 4.52 Å². The number of aromatic nitrogens is 1. The second-order valence-corrected chi connectivity index (χ2v) is 5.96. The van der Waals surface area contributed by atoms with Crippen molar-refractivity contribution in [2.45, 2.75) is 45.3 Å². The summed E-state index contributed by atoms with van der Waals surface area (Å²) in [5, 5.41) is 7.48. The smallest absolute Gasteiger partial charge is 0.151 e. The molecule has 1 aromatic rings. The van der Waals surface area contributed by atoms with Crippen molar-refractivity contribution in [3.63, 3.8) is 0 Å². The Bertz CT molecular complexity index is 391. The van der Waals surface area contributed by atoms with E-state index in [-0.39, 0.29) is 0 Å². The Morgan fingerprint density at radius 3 is 3.10 bits per heavy atom. The summed E-state index contributed by atoms with van der Waals surface area (Å²) in [5.74, 6) is 0.984. The van der Waals surface area contributed by atoms with Crippen LogP contribution in [0.2, 0.25) is 0 Å². The first-order valence-electron chi connectivity index (χ1n) is 7.73. The van der Waals surface area contributed by atoms with E-state index in [0.717, 1.165) is 50.6 Å². The Hall–Kier alpha value is -0.910. The zero-order valence-corrected chi connectivity index (χ0v) is 13.1. The van der Waals surface area contributed by atoms with Crippen molar-refractivity contribution in [2.75, 3.05) is 33.7 Å². The van der Waals surface area contributed by atoms with Crippen LogP contribution in [0.3, 0.4) is 0 Å². The van der Waals surface area contributed by atoms with E-state index >= 15 is 0 Å². The molecule has 5 heteroatoms. The van der Waals surface area contributed by atoms with Crippen LogP contribution in [0, 0.1) is 0 Å². The lowest BCUT2D eigenvalue weighted by atomic mass is 10.0. The second-order valence-electron chi connectivity index (χ2n) is 5.96. The summed E-state index contributed by atoms with van der Waals surface area (Å²) in [5.41, 5.74) is 1.01. The molecule has 0 spiro atoms. The number of likely N-dealkylation sites (N-methyl/N-ethyl adjacent to an activating group) is 1. The molecule has 1 aromatic heterocycles. The van der Waals surface area contributed by atoms with Crippen molar-refractivity contribution >= 4 is 0 Å². The van der Waals surface area contributed by atoms with Gasteiger partial charge < -0.3 is 14.7 Å². The zero-order valence-electron chi connectivity index (χ0n) is 13.1. The molecule has 1 aliphatic heterocycles. The van der Waals surface area contributed by atoms with E-state index in [9.17, 15) is 0 Å². The standard InChI is InChI=1S/C15H28N4O/c1-4-7-16-10-13-9-15(20-17-13)12-19-8-5-6-14(11-19)18(2)3/h9,14,16H,4-8,10-12H2,1-3H3. The molecular weight excluding hydrogens is 252 g/mol. The van der Waals surface area contributed by atoms with Crippen molar-refractivity contribution in [1.82, 2.24) is 20.3 Å². The SMILES string of the molecule is CCCNCc1cc(CN2CCCC(N(C)C)C2)on1. The number of piperidine rings is 1. The van der Waals surface area contributed by atoms with Gasteiger partial charge in [-0.3, -0.25) is 4.90 Å². The molecule has 0 bridgehead atoms. The first kappa shape index (κ1) is 15.5. The third kappa shape index (κ3) is 4.58. The van der Waals surface area contributed by atoms with Gasteiger partial charge in [-0.2, -0.15) is 0 Å². The van der Waals surface area contributed by atoms with Crippen LogP contribution in [0.1, 0.15) is 37.6 Å². The molecule has 1 aliphatic rings. The fourth-order valence-electron chi connectivity index (χ4n) is 2.72. The summed E-state index contributed by atoms with van der Waals surface area (Å²) in [4.78, 5) is 4.80. The molecule has 2 heterocycles. The highest BCUT2D eigenvalue weighted by Crippen LogP contribution is 2.16. The number of hydrogen-bond acceptors (Lipinski definition) is 5. The molecule has 1 N–H and O–H groups in total. The molecule has 0 amide bonds. The second kappa shape index (κ2) is 7.76. The van der Waals surface area contributed by atoms with Gasteiger partial charge in [0.1, 0.15) is 0 Å². The summed E-state index contributed by atoms with van der Waals surface area (Å²) >= 11 is 0. The minimum Gasteiger partial charge on any atom is -0.360 e. The highest BCUT2D eigenvalue weighted by molar-refractivity contribution is 5.05. The van der Waals surface area contributed by atoms with Crippen molar-refractivity contribution in [1.29, 1.82) is 0 Å². The number of likely N-dealkylation sites (tertiary alicyclic amines) is 1. The minimum atomic E-state index is 0.664. The Kier molecular flexibility index (Phi) is 6.01. The lowest BCUT2D eigenvalue weighted by molar-refractivity contribution is 0.119. The molecule has 20 heavy (non-hydrogen) atoms. The van der Waals surface area contributed by atoms with Crippen LogP contribution in [-0.2, 0) is 13.1 Å². The van der Waals surface area contributed by atoms with E-state index in [1.54, 1.807) is 0 Å². The van der Waals surface area contributed by atoms with E-state index in [1.807, 2.05) is 0 Å². The number of hydrogen-bond donors (Lipinski definition) is 1. The largest absolute Gasteiger partial charge is 0.360 e. The molecule has 0 aliphatic carbocycles. The van der Waals surface area contributed by atoms with Gasteiger partial charge in [0, 0.05) is 25.2 Å². The van der Waals surface area contributed by atoms with E-state index in [1.165, 1.54) is 12.8 Å². The van der Waals surface area contributed by atoms with Crippen LogP contribution < -0.4 is 5.32 Å².